The van der Waals surface area contributed by atoms with E-state index in [0.29, 0.717) is 17.4 Å². The Bertz CT molecular complexity index is 927. The second-order valence-electron chi connectivity index (χ2n) is 4.89. The number of thiophene rings is 1. The average Bonchev–Trinajstić information content (AvgIpc) is 3.25. The van der Waals surface area contributed by atoms with Crippen molar-refractivity contribution in [1.82, 2.24) is 10.1 Å². The van der Waals surface area contributed by atoms with Gasteiger partial charge >= 0.3 is 0 Å². The Balaban J connectivity index is 1.73. The maximum Gasteiger partial charge on any atom is 0.250 e. The largest absolute Gasteiger partial charge is 0.334 e. The molecule has 0 saturated carbocycles. The summed E-state index contributed by atoms with van der Waals surface area (Å²) in [5.41, 5.74) is 1.25. The molecule has 1 N–H and O–H groups in total. The molecule has 3 aromatic rings. The number of sulfonamides is 1. The zero-order valence-electron chi connectivity index (χ0n) is 12.8. The number of rotatable bonds is 6. The lowest BCUT2D eigenvalue weighted by Crippen LogP contribution is -2.14. The SMILES string of the molecule is CCS(=O)(=O)Nc1ccc(-c2noc(/C=C/c3cccs3)n2)cc1. The lowest BCUT2D eigenvalue weighted by Gasteiger charge is -2.05. The molecule has 124 valence electrons. The Morgan fingerprint density at radius 2 is 2.00 bits per heavy atom. The fourth-order valence-electron chi connectivity index (χ4n) is 1.90. The van der Waals surface area contributed by atoms with Crippen LogP contribution in [0, 0.1) is 0 Å². The highest BCUT2D eigenvalue weighted by Gasteiger charge is 2.09. The predicted molar refractivity (Wildman–Crippen MR) is 96.1 cm³/mol. The van der Waals surface area contributed by atoms with Crippen LogP contribution in [0.3, 0.4) is 0 Å². The molecule has 0 aliphatic heterocycles. The molecule has 0 amide bonds. The van der Waals surface area contributed by atoms with Gasteiger partial charge in [0.15, 0.2) is 0 Å². The van der Waals surface area contributed by atoms with Gasteiger partial charge < -0.3 is 4.52 Å². The molecular weight excluding hydrogens is 346 g/mol. The normalized spacial score (nSPS) is 11.9. The van der Waals surface area contributed by atoms with Crippen molar-refractivity contribution in [3.8, 4) is 11.4 Å². The number of hydrogen-bond donors (Lipinski definition) is 1. The van der Waals surface area contributed by atoms with Crippen molar-refractivity contribution >= 4 is 39.2 Å². The minimum absolute atomic E-state index is 0.0273. The molecule has 0 radical (unpaired) electrons. The second-order valence-corrected chi connectivity index (χ2v) is 7.88. The van der Waals surface area contributed by atoms with Crippen molar-refractivity contribution < 1.29 is 12.9 Å². The van der Waals surface area contributed by atoms with Crippen molar-refractivity contribution in [2.75, 3.05) is 10.5 Å². The Morgan fingerprint density at radius 3 is 2.67 bits per heavy atom. The van der Waals surface area contributed by atoms with Gasteiger partial charge in [0.1, 0.15) is 0 Å². The fourth-order valence-corrected chi connectivity index (χ4v) is 3.16. The van der Waals surface area contributed by atoms with Gasteiger partial charge in [-0.15, -0.1) is 11.3 Å². The number of aromatic nitrogens is 2. The molecule has 1 aromatic carbocycles. The molecule has 0 unspecified atom stereocenters. The summed E-state index contributed by atoms with van der Waals surface area (Å²) in [7, 11) is -3.28. The van der Waals surface area contributed by atoms with Crippen LogP contribution in [0.15, 0.2) is 46.3 Å². The van der Waals surface area contributed by atoms with Crippen LogP contribution in [0.5, 0.6) is 0 Å². The van der Waals surface area contributed by atoms with Crippen LogP contribution in [-0.2, 0) is 10.0 Å². The van der Waals surface area contributed by atoms with E-state index in [2.05, 4.69) is 14.9 Å². The van der Waals surface area contributed by atoms with E-state index >= 15 is 0 Å². The van der Waals surface area contributed by atoms with Gasteiger partial charge in [-0.05, 0) is 48.7 Å². The van der Waals surface area contributed by atoms with E-state index in [1.807, 2.05) is 23.6 Å². The number of nitrogens with zero attached hydrogens (tertiary/aromatic N) is 2. The van der Waals surface area contributed by atoms with Crippen LogP contribution in [0.25, 0.3) is 23.5 Å². The van der Waals surface area contributed by atoms with Crippen LogP contribution in [0.4, 0.5) is 5.69 Å². The summed E-state index contributed by atoms with van der Waals surface area (Å²) < 4.78 is 30.8. The fraction of sp³-hybridized carbons (Fsp3) is 0.125. The molecular formula is C16H15N3O3S2. The van der Waals surface area contributed by atoms with E-state index in [-0.39, 0.29) is 5.75 Å². The maximum atomic E-state index is 11.5. The summed E-state index contributed by atoms with van der Waals surface area (Å²) in [6, 6.07) is 10.8. The first-order chi connectivity index (χ1) is 11.6. The van der Waals surface area contributed by atoms with Gasteiger partial charge in [0.25, 0.3) is 5.89 Å². The molecule has 0 spiro atoms. The van der Waals surface area contributed by atoms with Crippen molar-refractivity contribution in [3.63, 3.8) is 0 Å². The van der Waals surface area contributed by atoms with Gasteiger partial charge in [-0.1, -0.05) is 11.2 Å². The van der Waals surface area contributed by atoms with E-state index in [0.717, 1.165) is 10.4 Å². The second kappa shape index (κ2) is 6.98. The molecule has 0 saturated heterocycles. The molecule has 8 heteroatoms. The third-order valence-electron chi connectivity index (χ3n) is 3.17. The van der Waals surface area contributed by atoms with Gasteiger partial charge in [0.05, 0.1) is 5.75 Å². The van der Waals surface area contributed by atoms with Crippen LogP contribution in [-0.4, -0.2) is 24.3 Å². The summed E-state index contributed by atoms with van der Waals surface area (Å²) in [5, 5.41) is 5.93. The summed E-state index contributed by atoms with van der Waals surface area (Å²) in [5.74, 6) is 0.888. The third kappa shape index (κ3) is 4.09. The van der Waals surface area contributed by atoms with Gasteiger partial charge in [0.2, 0.25) is 15.8 Å². The van der Waals surface area contributed by atoms with Crippen molar-refractivity contribution in [3.05, 3.63) is 52.5 Å². The van der Waals surface area contributed by atoms with Gasteiger partial charge in [0, 0.05) is 22.2 Å². The highest BCUT2D eigenvalue weighted by Crippen LogP contribution is 2.20. The highest BCUT2D eigenvalue weighted by atomic mass is 32.2. The monoisotopic (exact) mass is 361 g/mol. The molecule has 0 aliphatic rings. The molecule has 6 nitrogen and oxygen atoms in total. The van der Waals surface area contributed by atoms with Gasteiger partial charge in [-0.2, -0.15) is 4.98 Å². The molecule has 24 heavy (non-hydrogen) atoms. The first-order valence-corrected chi connectivity index (χ1v) is 9.75. The van der Waals surface area contributed by atoms with E-state index in [1.54, 1.807) is 48.6 Å². The Morgan fingerprint density at radius 1 is 1.21 bits per heavy atom. The number of anilines is 1. The molecule has 0 fully saturated rings. The Kier molecular flexibility index (Phi) is 4.77. The van der Waals surface area contributed by atoms with Gasteiger partial charge in [-0.25, -0.2) is 8.42 Å². The number of nitrogens with one attached hydrogen (secondary N) is 1. The molecule has 2 aromatic heterocycles. The van der Waals surface area contributed by atoms with Crippen molar-refractivity contribution in [1.29, 1.82) is 0 Å². The number of hydrogen-bond acceptors (Lipinski definition) is 6. The molecule has 0 aliphatic carbocycles. The molecule has 3 rings (SSSR count). The van der Waals surface area contributed by atoms with E-state index in [1.165, 1.54) is 0 Å². The molecule has 0 bridgehead atoms. The van der Waals surface area contributed by atoms with Crippen LogP contribution < -0.4 is 4.72 Å². The van der Waals surface area contributed by atoms with Crippen molar-refractivity contribution in [2.24, 2.45) is 0 Å². The summed E-state index contributed by atoms with van der Waals surface area (Å²) in [6.45, 7) is 1.58. The lowest BCUT2D eigenvalue weighted by molar-refractivity contribution is 0.411. The average molecular weight is 361 g/mol. The minimum Gasteiger partial charge on any atom is -0.334 e. The highest BCUT2D eigenvalue weighted by molar-refractivity contribution is 7.92. The standard InChI is InChI=1S/C16H15N3O3S2/c1-2-24(20,21)19-13-7-5-12(6-8-13)16-17-15(22-18-16)10-9-14-4-3-11-23-14/h3-11,19H,2H2,1H3/b10-9+. The summed E-state index contributed by atoms with van der Waals surface area (Å²) in [4.78, 5) is 5.40. The third-order valence-corrected chi connectivity index (χ3v) is 5.32. The van der Waals surface area contributed by atoms with E-state index in [9.17, 15) is 8.42 Å². The summed E-state index contributed by atoms with van der Waals surface area (Å²) >= 11 is 1.62. The van der Waals surface area contributed by atoms with Gasteiger partial charge in [-0.3, -0.25) is 4.72 Å². The predicted octanol–water partition coefficient (Wildman–Crippen LogP) is 3.73. The van der Waals surface area contributed by atoms with E-state index in [4.69, 9.17) is 4.52 Å². The van der Waals surface area contributed by atoms with Crippen LogP contribution >= 0.6 is 11.3 Å². The number of benzene rings is 1. The van der Waals surface area contributed by atoms with Crippen LogP contribution in [0.2, 0.25) is 0 Å². The Hall–Kier alpha value is -2.45. The molecule has 0 atom stereocenters. The topological polar surface area (TPSA) is 85.1 Å². The van der Waals surface area contributed by atoms with Crippen LogP contribution in [0.1, 0.15) is 17.7 Å². The van der Waals surface area contributed by atoms with Crippen molar-refractivity contribution in [2.45, 2.75) is 6.92 Å². The minimum atomic E-state index is -3.28. The first-order valence-electron chi connectivity index (χ1n) is 7.22. The quantitative estimate of drug-likeness (QED) is 0.723. The zero-order valence-corrected chi connectivity index (χ0v) is 14.5. The summed E-state index contributed by atoms with van der Waals surface area (Å²) in [6.07, 6.45) is 3.66. The van der Waals surface area contributed by atoms with E-state index < -0.39 is 10.0 Å². The molecule has 2 heterocycles. The smallest absolute Gasteiger partial charge is 0.250 e. The maximum absolute atomic E-state index is 11.5. The zero-order chi connectivity index (χ0) is 17.0. The Labute approximate surface area is 143 Å². The lowest BCUT2D eigenvalue weighted by atomic mass is 10.2. The first kappa shape index (κ1) is 16.4.